The largest absolute Gasteiger partial charge is 0.494 e. The normalized spacial score (nSPS) is 28.0. The molecule has 160 valence electrons. The maximum atomic E-state index is 12.2. The third-order valence-corrected chi connectivity index (χ3v) is 5.96. The Labute approximate surface area is 176 Å². The molecule has 5 unspecified atom stereocenters. The second-order valence-corrected chi connectivity index (χ2v) is 7.73. The fourth-order valence-electron chi connectivity index (χ4n) is 4.58. The van der Waals surface area contributed by atoms with Crippen LogP contribution in [-0.2, 0) is 4.79 Å². The van der Waals surface area contributed by atoms with E-state index < -0.39 is 11.9 Å². The van der Waals surface area contributed by atoms with Gasteiger partial charge in [0.1, 0.15) is 11.5 Å². The molecule has 7 nitrogen and oxygen atoms in total. The SMILES string of the molecule is CCOc1ccc(C2CC(C(=O)O)C3C(NNC3c3ccc(OCC)cc3)N2)cc1. The summed E-state index contributed by atoms with van der Waals surface area (Å²) in [5.74, 6) is 0.284. The average Bonchev–Trinajstić information content (AvgIpc) is 3.18. The molecule has 0 aliphatic carbocycles. The van der Waals surface area contributed by atoms with Crippen LogP contribution >= 0.6 is 0 Å². The molecule has 4 rings (SSSR count). The van der Waals surface area contributed by atoms with Crippen molar-refractivity contribution in [3.63, 3.8) is 0 Å². The van der Waals surface area contributed by atoms with E-state index in [0.29, 0.717) is 19.6 Å². The summed E-state index contributed by atoms with van der Waals surface area (Å²) >= 11 is 0. The van der Waals surface area contributed by atoms with Crippen LogP contribution in [0.4, 0.5) is 0 Å². The van der Waals surface area contributed by atoms with Crippen molar-refractivity contribution in [3.05, 3.63) is 59.7 Å². The molecule has 2 heterocycles. The maximum absolute atomic E-state index is 12.2. The van der Waals surface area contributed by atoms with Crippen molar-refractivity contribution in [2.75, 3.05) is 13.2 Å². The zero-order chi connectivity index (χ0) is 21.1. The van der Waals surface area contributed by atoms with Gasteiger partial charge in [0.25, 0.3) is 0 Å². The smallest absolute Gasteiger partial charge is 0.307 e. The summed E-state index contributed by atoms with van der Waals surface area (Å²) in [6.45, 7) is 5.14. The first-order valence-corrected chi connectivity index (χ1v) is 10.6. The van der Waals surface area contributed by atoms with Crippen molar-refractivity contribution < 1.29 is 19.4 Å². The standard InChI is InChI=1S/C23H29N3O4/c1-3-29-16-9-5-14(6-10-16)19-13-18(23(27)28)20-21(25-26-22(20)24-19)15-7-11-17(12-8-15)30-4-2/h5-12,18-22,24-26H,3-4,13H2,1-2H3,(H,27,28). The zero-order valence-electron chi connectivity index (χ0n) is 17.3. The number of aliphatic carboxylic acids is 1. The van der Waals surface area contributed by atoms with Gasteiger partial charge in [-0.15, -0.1) is 0 Å². The van der Waals surface area contributed by atoms with E-state index in [0.717, 1.165) is 22.6 Å². The van der Waals surface area contributed by atoms with Gasteiger partial charge >= 0.3 is 5.97 Å². The number of carbonyl (C=O) groups is 1. The minimum Gasteiger partial charge on any atom is -0.494 e. The molecule has 30 heavy (non-hydrogen) atoms. The molecule has 0 radical (unpaired) electrons. The summed E-state index contributed by atoms with van der Waals surface area (Å²) in [6.07, 6.45) is 0.384. The topological polar surface area (TPSA) is 91.9 Å². The average molecular weight is 412 g/mol. The quantitative estimate of drug-likeness (QED) is 0.557. The van der Waals surface area contributed by atoms with Gasteiger partial charge in [-0.25, -0.2) is 10.9 Å². The minimum absolute atomic E-state index is 0.0450. The second kappa shape index (κ2) is 9.04. The van der Waals surface area contributed by atoms with E-state index in [4.69, 9.17) is 9.47 Å². The van der Waals surface area contributed by atoms with Crippen molar-refractivity contribution in [2.45, 2.75) is 38.5 Å². The summed E-state index contributed by atoms with van der Waals surface area (Å²) in [5, 5.41) is 13.6. The number of piperidine rings is 1. The predicted molar refractivity (Wildman–Crippen MR) is 113 cm³/mol. The van der Waals surface area contributed by atoms with Crippen LogP contribution in [0.15, 0.2) is 48.5 Å². The number of hydrogen-bond donors (Lipinski definition) is 4. The molecule has 0 spiro atoms. The van der Waals surface area contributed by atoms with Crippen LogP contribution in [0, 0.1) is 11.8 Å². The molecule has 2 aliphatic rings. The fraction of sp³-hybridized carbons (Fsp3) is 0.435. The molecular weight excluding hydrogens is 382 g/mol. The second-order valence-electron chi connectivity index (χ2n) is 7.73. The molecule has 2 aliphatic heterocycles. The molecule has 0 aromatic heterocycles. The highest BCUT2D eigenvalue weighted by Crippen LogP contribution is 2.42. The lowest BCUT2D eigenvalue weighted by Crippen LogP contribution is -2.53. The number of rotatable bonds is 7. The van der Waals surface area contributed by atoms with Gasteiger partial charge in [0.05, 0.1) is 31.3 Å². The molecule has 2 aromatic carbocycles. The first-order chi connectivity index (χ1) is 14.6. The summed E-state index contributed by atoms with van der Waals surface area (Å²) < 4.78 is 11.0. The molecule has 2 aromatic rings. The van der Waals surface area contributed by atoms with E-state index in [1.165, 1.54) is 0 Å². The number of hydrazine groups is 1. The lowest BCUT2D eigenvalue weighted by atomic mass is 9.75. The number of ether oxygens (including phenoxy) is 2. The van der Waals surface area contributed by atoms with Gasteiger partial charge in [-0.2, -0.15) is 0 Å². The van der Waals surface area contributed by atoms with E-state index in [9.17, 15) is 9.90 Å². The number of fused-ring (bicyclic) bond motifs is 1. The van der Waals surface area contributed by atoms with Crippen LogP contribution in [0.2, 0.25) is 0 Å². The monoisotopic (exact) mass is 411 g/mol. The van der Waals surface area contributed by atoms with Crippen LogP contribution in [0.5, 0.6) is 11.5 Å². The minimum atomic E-state index is -0.760. The highest BCUT2D eigenvalue weighted by molar-refractivity contribution is 5.71. The molecule has 2 fully saturated rings. The summed E-state index contributed by atoms with van der Waals surface area (Å²) in [5.41, 5.74) is 8.71. The Morgan fingerprint density at radius 2 is 1.50 bits per heavy atom. The van der Waals surface area contributed by atoms with Gasteiger partial charge in [0, 0.05) is 12.0 Å². The van der Waals surface area contributed by atoms with Crippen molar-refractivity contribution in [1.82, 2.24) is 16.2 Å². The van der Waals surface area contributed by atoms with Crippen LogP contribution in [0.25, 0.3) is 0 Å². The Morgan fingerprint density at radius 3 is 2.03 bits per heavy atom. The van der Waals surface area contributed by atoms with Crippen molar-refractivity contribution in [3.8, 4) is 11.5 Å². The first-order valence-electron chi connectivity index (χ1n) is 10.6. The molecule has 0 amide bonds. The Bertz CT molecular complexity index is 856. The van der Waals surface area contributed by atoms with Gasteiger partial charge in [0.15, 0.2) is 0 Å². The van der Waals surface area contributed by atoms with E-state index in [1.54, 1.807) is 0 Å². The number of hydrogen-bond acceptors (Lipinski definition) is 6. The van der Waals surface area contributed by atoms with E-state index >= 15 is 0 Å². The molecule has 7 heteroatoms. The Kier molecular flexibility index (Phi) is 6.22. The zero-order valence-corrected chi connectivity index (χ0v) is 17.3. The van der Waals surface area contributed by atoms with Gasteiger partial charge in [-0.05, 0) is 55.7 Å². The third kappa shape index (κ3) is 4.14. The van der Waals surface area contributed by atoms with E-state index in [2.05, 4.69) is 16.2 Å². The predicted octanol–water partition coefficient (Wildman–Crippen LogP) is 3.01. The van der Waals surface area contributed by atoms with Gasteiger partial charge in [-0.1, -0.05) is 24.3 Å². The van der Waals surface area contributed by atoms with Crippen LogP contribution < -0.4 is 25.6 Å². The Morgan fingerprint density at radius 1 is 0.933 bits per heavy atom. The molecule has 2 saturated heterocycles. The van der Waals surface area contributed by atoms with Gasteiger partial charge in [0.2, 0.25) is 0 Å². The lowest BCUT2D eigenvalue weighted by Gasteiger charge is -2.39. The fourth-order valence-corrected chi connectivity index (χ4v) is 4.58. The molecule has 0 bridgehead atoms. The summed E-state index contributed by atoms with van der Waals surface area (Å²) in [4.78, 5) is 12.2. The van der Waals surface area contributed by atoms with Gasteiger partial charge in [-0.3, -0.25) is 10.1 Å². The highest BCUT2D eigenvalue weighted by atomic mass is 16.5. The Hall–Kier alpha value is -2.61. The summed E-state index contributed by atoms with van der Waals surface area (Å²) in [6, 6.07) is 15.6. The van der Waals surface area contributed by atoms with Crippen molar-refractivity contribution in [2.24, 2.45) is 11.8 Å². The van der Waals surface area contributed by atoms with E-state index in [-0.39, 0.29) is 24.2 Å². The van der Waals surface area contributed by atoms with Crippen LogP contribution in [0.3, 0.4) is 0 Å². The third-order valence-electron chi connectivity index (χ3n) is 5.96. The van der Waals surface area contributed by atoms with Crippen LogP contribution in [0.1, 0.15) is 43.5 Å². The highest BCUT2D eigenvalue weighted by Gasteiger charge is 2.49. The van der Waals surface area contributed by atoms with E-state index in [1.807, 2.05) is 62.4 Å². The maximum Gasteiger partial charge on any atom is 0.307 e. The van der Waals surface area contributed by atoms with Crippen molar-refractivity contribution >= 4 is 5.97 Å². The number of nitrogens with one attached hydrogen (secondary N) is 3. The van der Waals surface area contributed by atoms with Gasteiger partial charge < -0.3 is 14.6 Å². The number of carboxylic acid groups (broad SMARTS) is 1. The summed E-state index contributed by atoms with van der Waals surface area (Å²) in [7, 11) is 0. The lowest BCUT2D eigenvalue weighted by molar-refractivity contribution is -0.146. The van der Waals surface area contributed by atoms with Crippen LogP contribution in [-0.4, -0.2) is 30.5 Å². The first kappa shape index (κ1) is 20.7. The number of benzene rings is 2. The molecule has 4 N–H and O–H groups in total. The Balaban J connectivity index is 1.53. The molecule has 5 atom stereocenters. The molecular formula is C23H29N3O4. The molecule has 0 saturated carbocycles. The number of carboxylic acids is 1. The van der Waals surface area contributed by atoms with Crippen molar-refractivity contribution in [1.29, 1.82) is 0 Å².